The average molecular weight is 688 g/mol. The number of primary amides is 1. The molecule has 0 bridgehead atoms. The summed E-state index contributed by atoms with van der Waals surface area (Å²) in [6.45, 7) is 1.24. The van der Waals surface area contributed by atoms with Crippen molar-refractivity contribution in [2.75, 3.05) is 44.1 Å². The van der Waals surface area contributed by atoms with Crippen LogP contribution in [0.4, 0.5) is 25.0 Å². The van der Waals surface area contributed by atoms with Gasteiger partial charge in [-0.1, -0.05) is 13.0 Å². The fourth-order valence-corrected chi connectivity index (χ4v) is 6.59. The summed E-state index contributed by atoms with van der Waals surface area (Å²) in [6.07, 6.45) is -0.0867. The number of halogens is 2. The molecule has 16 heteroatoms. The quantitative estimate of drug-likeness (QED) is 0.233. The van der Waals surface area contributed by atoms with E-state index in [2.05, 4.69) is 10.6 Å². The predicted molar refractivity (Wildman–Crippen MR) is 171 cm³/mol. The van der Waals surface area contributed by atoms with Crippen LogP contribution in [0.2, 0.25) is 0 Å². The van der Waals surface area contributed by atoms with Crippen LogP contribution in [0.15, 0.2) is 59.5 Å². The van der Waals surface area contributed by atoms with E-state index in [1.165, 1.54) is 63.4 Å². The lowest BCUT2D eigenvalue weighted by Crippen LogP contribution is -2.40. The molecule has 0 aromatic heterocycles. The zero-order valence-corrected chi connectivity index (χ0v) is 27.3. The van der Waals surface area contributed by atoms with Crippen molar-refractivity contribution in [3.8, 4) is 5.75 Å². The van der Waals surface area contributed by atoms with E-state index >= 15 is 4.39 Å². The average Bonchev–Trinajstić information content (AvgIpc) is 3.50. The van der Waals surface area contributed by atoms with Gasteiger partial charge in [0, 0.05) is 31.9 Å². The Kier molecular flexibility index (Phi) is 10.6. The SMILES string of the molecule is CCS(=O)(=O)c1ccc(NC(=O)N(C)C)cc1[C@H]1[C@@H](C(=O)O)CCN1C(=O)[C@@H](Nc1cc(C(N)=O)ccc1F)c1ccc(F)c(OC)c1. The molecule has 3 aromatic rings. The van der Waals surface area contributed by atoms with Crippen LogP contribution in [0, 0.1) is 17.6 Å². The molecule has 13 nitrogen and oxygen atoms in total. The van der Waals surface area contributed by atoms with Gasteiger partial charge in [-0.3, -0.25) is 14.4 Å². The summed E-state index contributed by atoms with van der Waals surface area (Å²) in [5.41, 5.74) is 5.14. The van der Waals surface area contributed by atoms with Crippen molar-refractivity contribution in [1.82, 2.24) is 9.80 Å². The lowest BCUT2D eigenvalue weighted by Gasteiger charge is -2.33. The zero-order valence-electron chi connectivity index (χ0n) is 26.5. The summed E-state index contributed by atoms with van der Waals surface area (Å²) in [6, 6.07) is 7.11. The molecule has 0 spiro atoms. The summed E-state index contributed by atoms with van der Waals surface area (Å²) >= 11 is 0. The molecule has 4 rings (SSSR count). The Labute approximate surface area is 275 Å². The van der Waals surface area contributed by atoms with Crippen molar-refractivity contribution < 1.29 is 46.2 Å². The summed E-state index contributed by atoms with van der Waals surface area (Å²) in [7, 11) is 0.181. The van der Waals surface area contributed by atoms with Crippen LogP contribution in [0.5, 0.6) is 5.75 Å². The van der Waals surface area contributed by atoms with Gasteiger partial charge in [0.1, 0.15) is 11.9 Å². The summed E-state index contributed by atoms with van der Waals surface area (Å²) in [4.78, 5) is 53.7. The van der Waals surface area contributed by atoms with Gasteiger partial charge in [0.2, 0.25) is 11.8 Å². The number of hydrogen-bond acceptors (Lipinski definition) is 8. The van der Waals surface area contributed by atoms with Crippen molar-refractivity contribution >= 4 is 45.0 Å². The molecule has 0 aliphatic carbocycles. The van der Waals surface area contributed by atoms with E-state index < -0.39 is 63.3 Å². The number of rotatable bonds is 11. The molecular weight excluding hydrogens is 652 g/mol. The van der Waals surface area contributed by atoms with Gasteiger partial charge < -0.3 is 36.0 Å². The topological polar surface area (TPSA) is 188 Å². The van der Waals surface area contributed by atoms with Crippen LogP contribution in [0.1, 0.15) is 46.9 Å². The lowest BCUT2D eigenvalue weighted by atomic mass is 9.92. The summed E-state index contributed by atoms with van der Waals surface area (Å²) in [5, 5.41) is 15.6. The molecule has 0 radical (unpaired) electrons. The van der Waals surface area contributed by atoms with E-state index in [4.69, 9.17) is 10.5 Å². The number of nitrogens with two attached hydrogens (primary N) is 1. The van der Waals surface area contributed by atoms with Crippen LogP contribution in [-0.4, -0.2) is 80.6 Å². The van der Waals surface area contributed by atoms with Crippen molar-refractivity contribution in [3.05, 3.63) is 82.9 Å². The molecular formula is C32H35F2N5O8S. The number of amides is 4. The van der Waals surface area contributed by atoms with Gasteiger partial charge in [0.25, 0.3) is 0 Å². The van der Waals surface area contributed by atoms with Crippen LogP contribution < -0.4 is 21.1 Å². The molecule has 5 N–H and O–H groups in total. The minimum Gasteiger partial charge on any atom is -0.494 e. The number of ether oxygens (including phenoxy) is 1. The molecule has 1 aliphatic rings. The number of likely N-dealkylation sites (tertiary alicyclic amines) is 1. The van der Waals surface area contributed by atoms with Crippen LogP contribution in [0.3, 0.4) is 0 Å². The van der Waals surface area contributed by atoms with Crippen molar-refractivity contribution in [1.29, 1.82) is 0 Å². The number of anilines is 2. The van der Waals surface area contributed by atoms with Gasteiger partial charge in [0.05, 0.1) is 35.4 Å². The first-order chi connectivity index (χ1) is 22.6. The third-order valence-corrected chi connectivity index (χ3v) is 9.81. The van der Waals surface area contributed by atoms with Crippen molar-refractivity contribution in [2.45, 2.75) is 30.3 Å². The first kappa shape index (κ1) is 35.6. The van der Waals surface area contributed by atoms with Gasteiger partial charge in [0.15, 0.2) is 21.4 Å². The normalized spacial score (nSPS) is 16.6. The van der Waals surface area contributed by atoms with E-state index in [0.717, 1.165) is 29.2 Å². The number of hydrogen-bond donors (Lipinski definition) is 4. The Hall–Kier alpha value is -5.25. The van der Waals surface area contributed by atoms with E-state index in [1.807, 2.05) is 0 Å². The predicted octanol–water partition coefficient (Wildman–Crippen LogP) is 3.79. The first-order valence-corrected chi connectivity index (χ1v) is 16.3. The number of urea groups is 1. The van der Waals surface area contributed by atoms with Gasteiger partial charge in [-0.15, -0.1) is 0 Å². The highest BCUT2D eigenvalue weighted by molar-refractivity contribution is 7.91. The molecule has 0 unspecified atom stereocenters. The third-order valence-electron chi connectivity index (χ3n) is 8.01. The highest BCUT2D eigenvalue weighted by Gasteiger charge is 2.46. The van der Waals surface area contributed by atoms with Crippen LogP contribution in [0.25, 0.3) is 0 Å². The number of carboxylic acids is 1. The molecule has 1 aliphatic heterocycles. The number of aliphatic carboxylic acids is 1. The standard InChI is InChI=1S/C32H35F2N5O8S/c1-5-48(45,46)26-11-8-19(36-32(44)38(2)3)16-21(26)28-20(31(42)43)12-13-39(28)30(41)27(17-6-10-23(34)25(15-17)47-4)37-24-14-18(29(35)40)7-9-22(24)33/h6-11,14-16,20,27-28,37H,5,12-13H2,1-4H3,(H2,35,40)(H,36,44)(H,42,43)/t20-,27-,28+/m0/s1. The molecule has 1 fully saturated rings. The Morgan fingerprint density at radius 3 is 2.35 bits per heavy atom. The second kappa shape index (κ2) is 14.3. The molecule has 0 saturated carbocycles. The molecule has 1 saturated heterocycles. The molecule has 256 valence electrons. The van der Waals surface area contributed by atoms with Crippen LogP contribution >= 0.6 is 0 Å². The molecule has 3 aromatic carbocycles. The monoisotopic (exact) mass is 687 g/mol. The van der Waals surface area contributed by atoms with Gasteiger partial charge in [-0.25, -0.2) is 22.0 Å². The van der Waals surface area contributed by atoms with E-state index in [0.29, 0.717) is 0 Å². The number of benzene rings is 3. The Bertz CT molecular complexity index is 1870. The lowest BCUT2D eigenvalue weighted by molar-refractivity contribution is -0.143. The van der Waals surface area contributed by atoms with Crippen molar-refractivity contribution in [3.63, 3.8) is 0 Å². The number of sulfone groups is 1. The maximum Gasteiger partial charge on any atom is 0.321 e. The fourth-order valence-electron chi connectivity index (χ4n) is 5.47. The second-order valence-electron chi connectivity index (χ2n) is 11.2. The van der Waals surface area contributed by atoms with E-state index in [1.54, 1.807) is 0 Å². The minimum atomic E-state index is -4.00. The van der Waals surface area contributed by atoms with E-state index in [9.17, 15) is 37.1 Å². The maximum atomic E-state index is 15.1. The van der Waals surface area contributed by atoms with Crippen LogP contribution in [-0.2, 0) is 19.4 Å². The number of nitrogens with zero attached hydrogens (tertiary/aromatic N) is 2. The third kappa shape index (κ3) is 7.33. The maximum absolute atomic E-state index is 15.1. The number of carboxylic acid groups (broad SMARTS) is 1. The Morgan fingerprint density at radius 2 is 1.75 bits per heavy atom. The number of methoxy groups -OCH3 is 1. The molecule has 48 heavy (non-hydrogen) atoms. The minimum absolute atomic E-state index is 0.0519. The number of carbonyl (C=O) groups excluding carboxylic acids is 3. The molecule has 1 heterocycles. The highest BCUT2D eigenvalue weighted by atomic mass is 32.2. The Balaban J connectivity index is 1.92. The number of carbonyl (C=O) groups is 4. The van der Waals surface area contributed by atoms with Gasteiger partial charge in [-0.05, 0) is 66.1 Å². The molecule has 4 amide bonds. The summed E-state index contributed by atoms with van der Waals surface area (Å²) in [5.74, 6) is -6.54. The zero-order chi connectivity index (χ0) is 35.5. The van der Waals surface area contributed by atoms with E-state index in [-0.39, 0.29) is 57.4 Å². The Morgan fingerprint density at radius 1 is 1.06 bits per heavy atom. The smallest absolute Gasteiger partial charge is 0.321 e. The van der Waals surface area contributed by atoms with Gasteiger partial charge >= 0.3 is 12.0 Å². The first-order valence-electron chi connectivity index (χ1n) is 14.7. The second-order valence-corrected chi connectivity index (χ2v) is 13.5. The highest BCUT2D eigenvalue weighted by Crippen LogP contribution is 2.43. The number of nitrogens with one attached hydrogen (secondary N) is 2. The summed E-state index contributed by atoms with van der Waals surface area (Å²) < 4.78 is 61.2. The largest absolute Gasteiger partial charge is 0.494 e. The van der Waals surface area contributed by atoms with Crippen molar-refractivity contribution in [2.24, 2.45) is 11.7 Å². The van der Waals surface area contributed by atoms with Gasteiger partial charge in [-0.2, -0.15) is 0 Å². The molecule has 3 atom stereocenters. The fraction of sp³-hybridized carbons (Fsp3) is 0.312.